The fourth-order valence-corrected chi connectivity index (χ4v) is 1.88. The summed E-state index contributed by atoms with van der Waals surface area (Å²) >= 11 is 0. The highest BCUT2D eigenvalue weighted by molar-refractivity contribution is 5.17. The van der Waals surface area contributed by atoms with E-state index in [1.165, 1.54) is 0 Å². The summed E-state index contributed by atoms with van der Waals surface area (Å²) < 4.78 is 0. The summed E-state index contributed by atoms with van der Waals surface area (Å²) in [6, 6.07) is 9.62. The van der Waals surface area contributed by atoms with Crippen LogP contribution in [0.5, 0.6) is 0 Å². The molecular weight excluding hydrogens is 214 g/mol. The average Bonchev–Trinajstić information content (AvgIpc) is 2.27. The second kappa shape index (κ2) is 6.15. The van der Waals surface area contributed by atoms with Gasteiger partial charge >= 0.3 is 0 Å². The van der Waals surface area contributed by atoms with Crippen molar-refractivity contribution in [2.75, 3.05) is 19.6 Å². The van der Waals surface area contributed by atoms with Gasteiger partial charge < -0.3 is 10.2 Å². The Morgan fingerprint density at radius 2 is 1.82 bits per heavy atom. The lowest BCUT2D eigenvalue weighted by molar-refractivity contribution is 0.0203. The molecule has 0 amide bonds. The van der Waals surface area contributed by atoms with Gasteiger partial charge in [-0.2, -0.15) is 0 Å². The van der Waals surface area contributed by atoms with Crippen molar-refractivity contribution in [3.63, 3.8) is 0 Å². The molecule has 3 heteroatoms. The predicted molar refractivity (Wildman–Crippen MR) is 69.8 cm³/mol. The molecule has 2 N–H and O–H groups in total. The minimum Gasteiger partial charge on any atom is -0.389 e. The maximum Gasteiger partial charge on any atom is 0.0916 e. The minimum absolute atomic E-state index is 0.501. The van der Waals surface area contributed by atoms with Crippen LogP contribution in [0, 0.1) is 0 Å². The number of likely N-dealkylation sites (N-methyl/N-ethyl adjacent to an activating group) is 1. The van der Waals surface area contributed by atoms with Crippen LogP contribution in [0.3, 0.4) is 0 Å². The Bertz CT molecular complexity index is 319. The van der Waals surface area contributed by atoms with Gasteiger partial charge in [-0.15, -0.1) is 0 Å². The van der Waals surface area contributed by atoms with Gasteiger partial charge in [0.25, 0.3) is 0 Å². The summed E-state index contributed by atoms with van der Waals surface area (Å²) in [6.07, 6.45) is -0.501. The summed E-state index contributed by atoms with van der Waals surface area (Å²) in [5.74, 6) is 0. The molecule has 0 bridgehead atoms. The third-order valence-electron chi connectivity index (χ3n) is 2.67. The second-order valence-electron chi connectivity index (χ2n) is 5.07. The second-order valence-corrected chi connectivity index (χ2v) is 5.07. The van der Waals surface area contributed by atoms with Gasteiger partial charge in [-0.1, -0.05) is 37.3 Å². The van der Waals surface area contributed by atoms with Crippen LogP contribution >= 0.6 is 0 Å². The monoisotopic (exact) mass is 237 g/mol. The predicted octanol–water partition coefficient (Wildman–Crippen LogP) is 1.81. The van der Waals surface area contributed by atoms with Crippen molar-refractivity contribution in [3.8, 4) is 0 Å². The van der Waals surface area contributed by atoms with Crippen LogP contribution in [0.1, 0.15) is 32.4 Å². The Hall–Kier alpha value is -0.900. The lowest BCUT2D eigenvalue weighted by Gasteiger charge is -2.29. The number of hydrogen-bond donors (Lipinski definition) is 2. The molecule has 0 radical (unpaired) electrons. The number of rotatable bonds is 6. The van der Waals surface area contributed by atoms with Crippen molar-refractivity contribution in [2.24, 2.45) is 0 Å². The molecule has 1 unspecified atom stereocenters. The highest BCUT2D eigenvalue weighted by Crippen LogP contribution is 2.15. The maximum absolute atomic E-state index is 10.1. The number of hydrogen-bond acceptors (Lipinski definition) is 3. The Morgan fingerprint density at radius 3 is 2.29 bits per heavy atom. The number of aliphatic hydroxyl groups excluding tert-OH is 1. The molecule has 0 aliphatic rings. The highest BCUT2D eigenvalue weighted by Gasteiger charge is 2.19. The molecule has 96 valence electrons. The van der Waals surface area contributed by atoms with Crippen LogP contribution < -0.4 is 0 Å². The largest absolute Gasteiger partial charge is 0.389 e. The third kappa shape index (κ3) is 5.31. The molecule has 0 aliphatic carbocycles. The first kappa shape index (κ1) is 14.2. The quantitative estimate of drug-likeness (QED) is 0.793. The van der Waals surface area contributed by atoms with E-state index in [0.717, 1.165) is 12.1 Å². The van der Waals surface area contributed by atoms with Crippen molar-refractivity contribution in [1.82, 2.24) is 4.90 Å². The first-order chi connectivity index (χ1) is 7.92. The zero-order chi connectivity index (χ0) is 12.9. The first-order valence-corrected chi connectivity index (χ1v) is 6.10. The molecule has 0 heterocycles. The molecule has 17 heavy (non-hydrogen) atoms. The Morgan fingerprint density at radius 1 is 1.24 bits per heavy atom. The van der Waals surface area contributed by atoms with E-state index in [4.69, 9.17) is 0 Å². The fourth-order valence-electron chi connectivity index (χ4n) is 1.88. The normalized spacial score (nSPS) is 14.0. The molecular formula is C14H23NO2. The molecule has 0 saturated heterocycles. The van der Waals surface area contributed by atoms with Gasteiger partial charge in [0, 0.05) is 13.1 Å². The summed E-state index contributed by atoms with van der Waals surface area (Å²) in [4.78, 5) is 2.05. The van der Waals surface area contributed by atoms with Crippen LogP contribution in [0.4, 0.5) is 0 Å². The molecule has 0 aromatic heterocycles. The molecule has 3 nitrogen and oxygen atoms in total. The van der Waals surface area contributed by atoms with Crippen molar-refractivity contribution < 1.29 is 10.2 Å². The van der Waals surface area contributed by atoms with E-state index in [9.17, 15) is 10.2 Å². The Labute approximate surface area is 104 Å². The average molecular weight is 237 g/mol. The van der Waals surface area contributed by atoms with Crippen molar-refractivity contribution in [3.05, 3.63) is 35.9 Å². The van der Waals surface area contributed by atoms with Gasteiger partial charge in [-0.3, -0.25) is 4.90 Å². The van der Waals surface area contributed by atoms with E-state index in [0.29, 0.717) is 13.1 Å². The third-order valence-corrected chi connectivity index (χ3v) is 2.67. The van der Waals surface area contributed by atoms with Gasteiger partial charge in [-0.05, 0) is 26.0 Å². The lowest BCUT2D eigenvalue weighted by Crippen LogP contribution is -2.40. The van der Waals surface area contributed by atoms with Gasteiger partial charge in [0.05, 0.1) is 11.7 Å². The fraction of sp³-hybridized carbons (Fsp3) is 0.571. The summed E-state index contributed by atoms with van der Waals surface area (Å²) in [5, 5.41) is 19.9. The number of nitrogens with zero attached hydrogens (tertiary/aromatic N) is 1. The van der Waals surface area contributed by atoms with Crippen molar-refractivity contribution in [1.29, 1.82) is 0 Å². The van der Waals surface area contributed by atoms with Crippen LogP contribution in [0.2, 0.25) is 0 Å². The van der Waals surface area contributed by atoms with Gasteiger partial charge in [0.2, 0.25) is 0 Å². The molecule has 1 aromatic carbocycles. The molecule has 0 fully saturated rings. The molecule has 0 saturated carbocycles. The minimum atomic E-state index is -0.730. The van der Waals surface area contributed by atoms with Gasteiger partial charge in [0.15, 0.2) is 0 Å². The molecule has 1 aromatic rings. The highest BCUT2D eigenvalue weighted by atomic mass is 16.3. The summed E-state index contributed by atoms with van der Waals surface area (Å²) in [6.45, 7) is 7.52. The van der Waals surface area contributed by atoms with E-state index >= 15 is 0 Å². The summed E-state index contributed by atoms with van der Waals surface area (Å²) in [5.41, 5.74) is 0.188. The smallest absolute Gasteiger partial charge is 0.0916 e. The molecule has 0 aliphatic heterocycles. The zero-order valence-corrected chi connectivity index (χ0v) is 10.9. The Kier molecular flexibility index (Phi) is 5.12. The standard InChI is InChI=1S/C14H23NO2/c1-4-15(11-14(2,3)17)10-13(16)12-8-6-5-7-9-12/h5-9,13,16-17H,4,10-11H2,1-3H3. The van der Waals surface area contributed by atoms with Crippen LogP contribution in [-0.4, -0.2) is 40.3 Å². The van der Waals surface area contributed by atoms with Gasteiger partial charge in [-0.25, -0.2) is 0 Å². The van der Waals surface area contributed by atoms with Crippen molar-refractivity contribution >= 4 is 0 Å². The van der Waals surface area contributed by atoms with Crippen LogP contribution in [0.15, 0.2) is 30.3 Å². The van der Waals surface area contributed by atoms with Crippen LogP contribution in [-0.2, 0) is 0 Å². The SMILES string of the molecule is CCN(CC(O)c1ccccc1)CC(C)(C)O. The zero-order valence-electron chi connectivity index (χ0n) is 10.9. The molecule has 0 spiro atoms. The summed E-state index contributed by atoms with van der Waals surface area (Å²) in [7, 11) is 0. The maximum atomic E-state index is 10.1. The van der Waals surface area contributed by atoms with Crippen LogP contribution in [0.25, 0.3) is 0 Å². The molecule has 1 atom stereocenters. The van der Waals surface area contributed by atoms with E-state index in [2.05, 4.69) is 4.90 Å². The van der Waals surface area contributed by atoms with E-state index in [1.807, 2.05) is 37.3 Å². The van der Waals surface area contributed by atoms with E-state index < -0.39 is 11.7 Å². The van der Waals surface area contributed by atoms with Gasteiger partial charge in [0.1, 0.15) is 0 Å². The van der Waals surface area contributed by atoms with Crippen molar-refractivity contribution in [2.45, 2.75) is 32.5 Å². The number of benzene rings is 1. The van der Waals surface area contributed by atoms with E-state index in [-0.39, 0.29) is 0 Å². The first-order valence-electron chi connectivity index (χ1n) is 6.10. The molecule has 1 rings (SSSR count). The lowest BCUT2D eigenvalue weighted by atomic mass is 10.1. The Balaban J connectivity index is 2.57. The topological polar surface area (TPSA) is 43.7 Å². The van der Waals surface area contributed by atoms with E-state index in [1.54, 1.807) is 13.8 Å². The number of aliphatic hydroxyl groups is 2.